The molecule has 1 atom stereocenters. The summed E-state index contributed by atoms with van der Waals surface area (Å²) in [6.07, 6.45) is 0. The van der Waals surface area contributed by atoms with E-state index >= 15 is 0 Å². The van der Waals surface area contributed by atoms with Crippen molar-refractivity contribution >= 4 is 15.9 Å². The predicted octanol–water partition coefficient (Wildman–Crippen LogP) is 3.98. The first-order chi connectivity index (χ1) is 10.1. The zero-order valence-electron chi connectivity index (χ0n) is 12.3. The number of halogens is 2. The highest BCUT2D eigenvalue weighted by molar-refractivity contribution is 9.10. The molecule has 0 aliphatic carbocycles. The maximum atomic E-state index is 13.3. The lowest BCUT2D eigenvalue weighted by atomic mass is 10.1. The van der Waals surface area contributed by atoms with E-state index in [9.17, 15) is 4.39 Å². The zero-order chi connectivity index (χ0) is 15.2. The molecular formula is C17H20BrFN2. The van der Waals surface area contributed by atoms with E-state index in [1.54, 1.807) is 12.1 Å². The van der Waals surface area contributed by atoms with Gasteiger partial charge in [0.2, 0.25) is 0 Å². The van der Waals surface area contributed by atoms with Crippen molar-refractivity contribution < 1.29 is 4.39 Å². The van der Waals surface area contributed by atoms with Crippen LogP contribution in [0.2, 0.25) is 0 Å². The summed E-state index contributed by atoms with van der Waals surface area (Å²) < 4.78 is 14.2. The van der Waals surface area contributed by atoms with Gasteiger partial charge >= 0.3 is 0 Å². The number of nitrogens with zero attached hydrogens (tertiary/aromatic N) is 1. The first kappa shape index (κ1) is 16.1. The van der Waals surface area contributed by atoms with Gasteiger partial charge in [0.05, 0.1) is 0 Å². The van der Waals surface area contributed by atoms with Gasteiger partial charge in [-0.1, -0.05) is 46.3 Å². The van der Waals surface area contributed by atoms with Crippen LogP contribution in [-0.4, -0.2) is 25.5 Å². The van der Waals surface area contributed by atoms with Gasteiger partial charge in [0.1, 0.15) is 5.82 Å². The molecule has 0 amide bonds. The van der Waals surface area contributed by atoms with Crippen molar-refractivity contribution in [3.63, 3.8) is 0 Å². The lowest BCUT2D eigenvalue weighted by molar-refractivity contribution is 0.288. The molecule has 0 saturated carbocycles. The second-order valence-electron chi connectivity index (χ2n) is 5.26. The Kier molecular flexibility index (Phi) is 5.91. The van der Waals surface area contributed by atoms with E-state index in [0.29, 0.717) is 12.6 Å². The zero-order valence-corrected chi connectivity index (χ0v) is 13.9. The van der Waals surface area contributed by atoms with Crippen LogP contribution in [0.5, 0.6) is 0 Å². The molecule has 0 radical (unpaired) electrons. The van der Waals surface area contributed by atoms with E-state index in [-0.39, 0.29) is 5.82 Å². The number of rotatable bonds is 6. The molecule has 4 heteroatoms. The van der Waals surface area contributed by atoms with E-state index in [1.165, 1.54) is 11.6 Å². The molecular weight excluding hydrogens is 331 g/mol. The van der Waals surface area contributed by atoms with Gasteiger partial charge in [-0.2, -0.15) is 0 Å². The Hall–Kier alpha value is -1.23. The quantitative estimate of drug-likeness (QED) is 0.847. The van der Waals surface area contributed by atoms with Gasteiger partial charge in [0.15, 0.2) is 0 Å². The molecule has 0 aliphatic heterocycles. The summed E-state index contributed by atoms with van der Waals surface area (Å²) in [5.74, 6) is -0.206. The van der Waals surface area contributed by atoms with E-state index in [1.807, 2.05) is 6.07 Å². The molecule has 0 aliphatic rings. The summed E-state index contributed by atoms with van der Waals surface area (Å²) in [7, 11) is 4.13. The summed E-state index contributed by atoms with van der Waals surface area (Å²) >= 11 is 3.45. The normalized spacial score (nSPS) is 12.6. The Morgan fingerprint density at radius 3 is 2.52 bits per heavy atom. The van der Waals surface area contributed by atoms with Crippen LogP contribution in [0.25, 0.3) is 0 Å². The van der Waals surface area contributed by atoms with Crippen LogP contribution < -0.4 is 5.32 Å². The summed E-state index contributed by atoms with van der Waals surface area (Å²) in [6, 6.07) is 15.4. The number of likely N-dealkylation sites (N-methyl/N-ethyl adjacent to an activating group) is 1. The largest absolute Gasteiger partial charge is 0.311 e. The van der Waals surface area contributed by atoms with Crippen LogP contribution in [0, 0.1) is 5.82 Å². The number of benzene rings is 2. The number of nitrogens with one attached hydrogen (secondary N) is 1. The molecule has 2 rings (SSSR count). The Bertz CT molecular complexity index is 572. The Morgan fingerprint density at radius 1 is 1.14 bits per heavy atom. The molecule has 112 valence electrons. The fourth-order valence-electron chi connectivity index (χ4n) is 2.30. The molecule has 0 heterocycles. The van der Waals surface area contributed by atoms with Crippen molar-refractivity contribution in [2.24, 2.45) is 0 Å². The van der Waals surface area contributed by atoms with Crippen LogP contribution in [0.3, 0.4) is 0 Å². The van der Waals surface area contributed by atoms with Crippen molar-refractivity contribution in [2.75, 3.05) is 20.6 Å². The first-order valence-electron chi connectivity index (χ1n) is 6.94. The van der Waals surface area contributed by atoms with Gasteiger partial charge in [0, 0.05) is 23.6 Å². The minimum Gasteiger partial charge on any atom is -0.311 e. The van der Waals surface area contributed by atoms with Crippen LogP contribution in [0.15, 0.2) is 53.0 Å². The molecule has 0 bridgehead atoms. The first-order valence-corrected chi connectivity index (χ1v) is 7.73. The maximum Gasteiger partial charge on any atom is 0.123 e. The van der Waals surface area contributed by atoms with Crippen LogP contribution in [0.1, 0.15) is 17.2 Å². The van der Waals surface area contributed by atoms with E-state index in [4.69, 9.17) is 0 Å². The van der Waals surface area contributed by atoms with Crippen LogP contribution in [-0.2, 0) is 6.54 Å². The summed E-state index contributed by atoms with van der Waals surface area (Å²) in [4.78, 5) is 2.18. The minimum absolute atomic E-state index is 0.206. The van der Waals surface area contributed by atoms with E-state index in [0.717, 1.165) is 16.6 Å². The average Bonchev–Trinajstić information content (AvgIpc) is 2.47. The summed E-state index contributed by atoms with van der Waals surface area (Å²) in [5, 5.41) is 3.41. The van der Waals surface area contributed by atoms with Gasteiger partial charge in [-0.05, 0) is 43.4 Å². The molecule has 2 nitrogen and oxygen atoms in total. The Balaban J connectivity index is 1.98. The molecule has 0 spiro atoms. The van der Waals surface area contributed by atoms with E-state index < -0.39 is 0 Å². The highest BCUT2D eigenvalue weighted by Gasteiger charge is 2.13. The Morgan fingerprint density at radius 2 is 1.86 bits per heavy atom. The van der Waals surface area contributed by atoms with Crippen LogP contribution in [0.4, 0.5) is 4.39 Å². The summed E-state index contributed by atoms with van der Waals surface area (Å²) in [5.41, 5.74) is 2.20. The number of hydrogen-bond acceptors (Lipinski definition) is 2. The number of hydrogen-bond donors (Lipinski definition) is 1. The third-order valence-corrected chi connectivity index (χ3v) is 4.24. The molecule has 1 N–H and O–H groups in total. The molecule has 0 fully saturated rings. The van der Waals surface area contributed by atoms with Gasteiger partial charge in [0.25, 0.3) is 0 Å². The van der Waals surface area contributed by atoms with E-state index in [2.05, 4.69) is 64.5 Å². The molecule has 21 heavy (non-hydrogen) atoms. The summed E-state index contributed by atoms with van der Waals surface area (Å²) in [6.45, 7) is 1.44. The average molecular weight is 351 g/mol. The monoisotopic (exact) mass is 350 g/mol. The van der Waals surface area contributed by atoms with Crippen molar-refractivity contribution in [1.29, 1.82) is 0 Å². The maximum absolute atomic E-state index is 13.3. The third kappa shape index (κ3) is 4.63. The van der Waals surface area contributed by atoms with Gasteiger partial charge < -0.3 is 10.2 Å². The van der Waals surface area contributed by atoms with Crippen molar-refractivity contribution in [3.8, 4) is 0 Å². The van der Waals surface area contributed by atoms with Crippen molar-refractivity contribution in [2.45, 2.75) is 12.6 Å². The molecule has 0 saturated heterocycles. The van der Waals surface area contributed by atoms with Crippen molar-refractivity contribution in [1.82, 2.24) is 10.2 Å². The fraction of sp³-hybridized carbons (Fsp3) is 0.294. The second kappa shape index (κ2) is 7.69. The smallest absolute Gasteiger partial charge is 0.123 e. The highest BCUT2D eigenvalue weighted by Crippen LogP contribution is 2.19. The van der Waals surface area contributed by atoms with Gasteiger partial charge in [-0.15, -0.1) is 0 Å². The standard InChI is InChI=1S/C17H20BrFN2/c1-21(2)17(13-6-4-3-5-7-13)12-20-11-14-10-15(19)8-9-16(14)18/h3-10,17,20H,11-12H2,1-2H3. The fourth-order valence-corrected chi connectivity index (χ4v) is 2.68. The SMILES string of the molecule is CN(C)C(CNCc1cc(F)ccc1Br)c1ccccc1. The molecule has 1 unspecified atom stereocenters. The lowest BCUT2D eigenvalue weighted by Crippen LogP contribution is -2.30. The minimum atomic E-state index is -0.206. The molecule has 2 aromatic rings. The highest BCUT2D eigenvalue weighted by atomic mass is 79.9. The van der Waals surface area contributed by atoms with Crippen LogP contribution >= 0.6 is 15.9 Å². The topological polar surface area (TPSA) is 15.3 Å². The molecule has 0 aromatic heterocycles. The second-order valence-corrected chi connectivity index (χ2v) is 6.11. The van der Waals surface area contributed by atoms with Gasteiger partial charge in [-0.25, -0.2) is 4.39 Å². The van der Waals surface area contributed by atoms with Crippen molar-refractivity contribution in [3.05, 3.63) is 69.9 Å². The lowest BCUT2D eigenvalue weighted by Gasteiger charge is -2.25. The Labute approximate surface area is 134 Å². The predicted molar refractivity (Wildman–Crippen MR) is 88.7 cm³/mol. The third-order valence-electron chi connectivity index (χ3n) is 3.47. The molecule has 2 aromatic carbocycles. The van der Waals surface area contributed by atoms with Gasteiger partial charge in [-0.3, -0.25) is 0 Å².